The van der Waals surface area contributed by atoms with Gasteiger partial charge >= 0.3 is 0 Å². The number of carbonyl (C=O) groups excluding carboxylic acids is 1. The Morgan fingerprint density at radius 2 is 1.83 bits per heavy atom. The Morgan fingerprint density at radius 3 is 2.66 bits per heavy atom. The van der Waals surface area contributed by atoms with Gasteiger partial charge in [0.1, 0.15) is 5.75 Å². The van der Waals surface area contributed by atoms with Crippen molar-refractivity contribution in [2.45, 2.75) is 19.8 Å². The van der Waals surface area contributed by atoms with Crippen LogP contribution in [0.25, 0.3) is 0 Å². The number of amides is 1. The van der Waals surface area contributed by atoms with Gasteiger partial charge in [0.05, 0.1) is 13.2 Å². The Kier molecular flexibility index (Phi) is 7.54. The summed E-state index contributed by atoms with van der Waals surface area (Å²) in [6.45, 7) is 2.75. The van der Waals surface area contributed by atoms with Crippen LogP contribution in [0, 0.1) is 6.92 Å². The van der Waals surface area contributed by atoms with Crippen molar-refractivity contribution >= 4 is 28.9 Å². The van der Waals surface area contributed by atoms with E-state index in [-0.39, 0.29) is 12.5 Å². The predicted octanol–water partition coefficient (Wildman–Crippen LogP) is 5.71. The number of nitrogens with one attached hydrogen (secondary N) is 2. The molecule has 5 heteroatoms. The maximum absolute atomic E-state index is 12.3. The Hall–Kier alpha value is -2.98. The number of halogens is 1. The minimum absolute atomic E-state index is 0.134. The van der Waals surface area contributed by atoms with Crippen LogP contribution < -0.4 is 15.4 Å². The number of aryl methyl sites for hydroxylation is 2. The average molecular weight is 409 g/mol. The molecule has 0 bridgehead atoms. The van der Waals surface area contributed by atoms with Crippen LogP contribution >= 0.6 is 11.6 Å². The van der Waals surface area contributed by atoms with Gasteiger partial charge in [0.2, 0.25) is 5.91 Å². The number of ether oxygens (including phenoxy) is 1. The van der Waals surface area contributed by atoms with Crippen LogP contribution in [-0.2, 0) is 11.2 Å². The predicted molar refractivity (Wildman–Crippen MR) is 120 cm³/mol. The van der Waals surface area contributed by atoms with Gasteiger partial charge in [-0.15, -0.1) is 0 Å². The summed E-state index contributed by atoms with van der Waals surface area (Å²) in [6.07, 6.45) is 1.91. The van der Waals surface area contributed by atoms with E-state index in [0.29, 0.717) is 17.3 Å². The third-order valence-corrected chi connectivity index (χ3v) is 4.71. The maximum atomic E-state index is 12.3. The SMILES string of the molecule is Cc1ccc(Cl)cc1NCC(=O)Nc1cccc(OCCCc2ccccc2)c1. The van der Waals surface area contributed by atoms with E-state index in [2.05, 4.69) is 22.8 Å². The van der Waals surface area contributed by atoms with Crippen LogP contribution in [0.2, 0.25) is 5.02 Å². The van der Waals surface area contributed by atoms with Gasteiger partial charge in [0.15, 0.2) is 0 Å². The number of anilines is 2. The molecule has 3 aromatic carbocycles. The summed E-state index contributed by atoms with van der Waals surface area (Å²) in [5.74, 6) is 0.611. The van der Waals surface area contributed by atoms with Crippen LogP contribution in [0.3, 0.4) is 0 Å². The molecule has 0 radical (unpaired) electrons. The first-order valence-corrected chi connectivity index (χ1v) is 10.0. The van der Waals surface area contributed by atoms with Gasteiger partial charge < -0.3 is 15.4 Å². The van der Waals surface area contributed by atoms with Gasteiger partial charge in [0.25, 0.3) is 0 Å². The van der Waals surface area contributed by atoms with E-state index in [4.69, 9.17) is 16.3 Å². The van der Waals surface area contributed by atoms with Gasteiger partial charge in [0, 0.05) is 22.5 Å². The first-order valence-electron chi connectivity index (χ1n) is 9.67. The molecule has 0 heterocycles. The molecule has 0 aliphatic heterocycles. The second kappa shape index (κ2) is 10.5. The molecule has 0 aromatic heterocycles. The second-order valence-electron chi connectivity index (χ2n) is 6.83. The Labute approximate surface area is 176 Å². The highest BCUT2D eigenvalue weighted by molar-refractivity contribution is 6.30. The van der Waals surface area contributed by atoms with Crippen LogP contribution in [0.5, 0.6) is 5.75 Å². The van der Waals surface area contributed by atoms with Crippen LogP contribution in [-0.4, -0.2) is 19.1 Å². The quantitative estimate of drug-likeness (QED) is 0.446. The van der Waals surface area contributed by atoms with E-state index in [1.165, 1.54) is 5.56 Å². The largest absolute Gasteiger partial charge is 0.494 e. The van der Waals surface area contributed by atoms with Crippen molar-refractivity contribution in [1.82, 2.24) is 0 Å². The molecular weight excluding hydrogens is 384 g/mol. The Balaban J connectivity index is 1.45. The molecule has 0 spiro atoms. The molecular formula is C24H25ClN2O2. The highest BCUT2D eigenvalue weighted by Gasteiger charge is 2.06. The summed E-state index contributed by atoms with van der Waals surface area (Å²) in [5, 5.41) is 6.64. The van der Waals surface area contributed by atoms with Crippen molar-refractivity contribution in [2.24, 2.45) is 0 Å². The van der Waals surface area contributed by atoms with E-state index in [1.54, 1.807) is 0 Å². The number of carbonyl (C=O) groups is 1. The number of hydrogen-bond donors (Lipinski definition) is 2. The fourth-order valence-electron chi connectivity index (χ4n) is 2.94. The van der Waals surface area contributed by atoms with E-state index >= 15 is 0 Å². The monoisotopic (exact) mass is 408 g/mol. The topological polar surface area (TPSA) is 50.4 Å². The smallest absolute Gasteiger partial charge is 0.243 e. The molecule has 0 saturated carbocycles. The standard InChI is InChI=1S/C24H25ClN2O2/c1-18-12-13-20(25)15-23(18)26-17-24(28)27-21-10-5-11-22(16-21)29-14-6-9-19-7-3-2-4-8-19/h2-5,7-8,10-13,15-16,26H,6,9,14,17H2,1H3,(H,27,28). The third-order valence-electron chi connectivity index (χ3n) is 4.48. The molecule has 2 N–H and O–H groups in total. The lowest BCUT2D eigenvalue weighted by Gasteiger charge is -2.11. The highest BCUT2D eigenvalue weighted by Crippen LogP contribution is 2.20. The number of hydrogen-bond acceptors (Lipinski definition) is 3. The molecule has 0 fully saturated rings. The minimum Gasteiger partial charge on any atom is -0.494 e. The molecule has 0 aliphatic rings. The zero-order valence-corrected chi connectivity index (χ0v) is 17.2. The molecule has 4 nitrogen and oxygen atoms in total. The van der Waals surface area contributed by atoms with Crippen molar-refractivity contribution in [1.29, 1.82) is 0 Å². The molecule has 0 aliphatic carbocycles. The van der Waals surface area contributed by atoms with Gasteiger partial charge in [-0.2, -0.15) is 0 Å². The molecule has 0 saturated heterocycles. The normalized spacial score (nSPS) is 10.4. The summed E-state index contributed by atoms with van der Waals surface area (Å²) in [7, 11) is 0. The minimum atomic E-state index is -0.134. The second-order valence-corrected chi connectivity index (χ2v) is 7.26. The lowest BCUT2D eigenvalue weighted by molar-refractivity contribution is -0.114. The number of benzene rings is 3. The van der Waals surface area contributed by atoms with Crippen LogP contribution in [0.1, 0.15) is 17.5 Å². The molecule has 3 aromatic rings. The first kappa shape index (κ1) is 20.7. The summed E-state index contributed by atoms with van der Waals surface area (Å²) in [4.78, 5) is 12.3. The summed E-state index contributed by atoms with van der Waals surface area (Å²) < 4.78 is 5.83. The van der Waals surface area contributed by atoms with Crippen molar-refractivity contribution in [3.63, 3.8) is 0 Å². The fourth-order valence-corrected chi connectivity index (χ4v) is 3.11. The summed E-state index contributed by atoms with van der Waals surface area (Å²) in [6, 6.07) is 23.4. The molecule has 1 amide bonds. The van der Waals surface area contributed by atoms with Crippen molar-refractivity contribution in [2.75, 3.05) is 23.8 Å². The lowest BCUT2D eigenvalue weighted by atomic mass is 10.1. The van der Waals surface area contributed by atoms with Crippen LogP contribution in [0.15, 0.2) is 72.8 Å². The highest BCUT2D eigenvalue weighted by atomic mass is 35.5. The van der Waals surface area contributed by atoms with E-state index in [1.807, 2.05) is 67.6 Å². The van der Waals surface area contributed by atoms with E-state index < -0.39 is 0 Å². The van der Waals surface area contributed by atoms with Gasteiger partial charge in [-0.3, -0.25) is 4.79 Å². The Bertz CT molecular complexity index is 945. The van der Waals surface area contributed by atoms with Gasteiger partial charge in [-0.1, -0.05) is 54.1 Å². The van der Waals surface area contributed by atoms with Crippen molar-refractivity contribution < 1.29 is 9.53 Å². The zero-order chi connectivity index (χ0) is 20.5. The molecule has 29 heavy (non-hydrogen) atoms. The van der Waals surface area contributed by atoms with E-state index in [0.717, 1.165) is 29.8 Å². The van der Waals surface area contributed by atoms with Crippen molar-refractivity contribution in [3.05, 3.63) is 88.9 Å². The molecule has 0 unspecified atom stereocenters. The van der Waals surface area contributed by atoms with Gasteiger partial charge in [-0.25, -0.2) is 0 Å². The Morgan fingerprint density at radius 1 is 1.00 bits per heavy atom. The first-order chi connectivity index (χ1) is 14.1. The average Bonchev–Trinajstić information content (AvgIpc) is 2.73. The summed E-state index contributed by atoms with van der Waals surface area (Å²) >= 11 is 6.01. The lowest BCUT2D eigenvalue weighted by Crippen LogP contribution is -2.22. The molecule has 150 valence electrons. The zero-order valence-electron chi connectivity index (χ0n) is 16.5. The molecule has 0 atom stereocenters. The fraction of sp³-hybridized carbons (Fsp3) is 0.208. The van der Waals surface area contributed by atoms with E-state index in [9.17, 15) is 4.79 Å². The van der Waals surface area contributed by atoms with Gasteiger partial charge in [-0.05, 0) is 55.2 Å². The maximum Gasteiger partial charge on any atom is 0.243 e. The third kappa shape index (κ3) is 6.84. The summed E-state index contributed by atoms with van der Waals surface area (Å²) in [5.41, 5.74) is 3.90. The van der Waals surface area contributed by atoms with Crippen molar-refractivity contribution in [3.8, 4) is 5.75 Å². The van der Waals surface area contributed by atoms with Crippen LogP contribution in [0.4, 0.5) is 11.4 Å². The number of rotatable bonds is 9. The molecule has 3 rings (SSSR count).